The molecule has 2 atom stereocenters. The van der Waals surface area contributed by atoms with Crippen molar-refractivity contribution in [2.24, 2.45) is 5.92 Å². The van der Waals surface area contributed by atoms with Gasteiger partial charge in [0.05, 0.1) is 12.3 Å². The molecule has 0 aromatic carbocycles. The third-order valence-corrected chi connectivity index (χ3v) is 4.79. The van der Waals surface area contributed by atoms with Crippen molar-refractivity contribution in [3.8, 4) is 5.88 Å². The molecule has 1 aliphatic rings. The maximum absolute atomic E-state index is 5.62. The van der Waals surface area contributed by atoms with E-state index in [2.05, 4.69) is 45.3 Å². The summed E-state index contributed by atoms with van der Waals surface area (Å²) < 4.78 is 5.62. The summed E-state index contributed by atoms with van der Waals surface area (Å²) in [5, 5.41) is 3.71. The normalized spacial score (nSPS) is 21.2. The third-order valence-electron chi connectivity index (χ3n) is 4.79. The number of hydrogen-bond donors (Lipinski definition) is 1. The van der Waals surface area contributed by atoms with Crippen LogP contribution in [0, 0.1) is 5.92 Å². The van der Waals surface area contributed by atoms with E-state index in [4.69, 9.17) is 4.74 Å². The maximum atomic E-state index is 5.62. The molecule has 0 saturated carbocycles. The monoisotopic (exact) mass is 340 g/mol. The molecule has 0 unspecified atom stereocenters. The highest BCUT2D eigenvalue weighted by molar-refractivity contribution is 5.25. The lowest BCUT2D eigenvalue weighted by Crippen LogP contribution is -2.47. The Morgan fingerprint density at radius 1 is 1.20 bits per heavy atom. The van der Waals surface area contributed by atoms with E-state index in [0.717, 1.165) is 49.7 Å². The van der Waals surface area contributed by atoms with Gasteiger partial charge in [0, 0.05) is 50.2 Å². The van der Waals surface area contributed by atoms with Crippen molar-refractivity contribution in [3.63, 3.8) is 0 Å². The van der Waals surface area contributed by atoms with Crippen LogP contribution in [0.15, 0.2) is 42.7 Å². The Kier molecular flexibility index (Phi) is 6.36. The molecule has 2 aromatic rings. The zero-order valence-corrected chi connectivity index (χ0v) is 15.2. The van der Waals surface area contributed by atoms with E-state index in [-0.39, 0.29) is 0 Å². The smallest absolute Gasteiger partial charge is 0.217 e. The van der Waals surface area contributed by atoms with Gasteiger partial charge in [0.25, 0.3) is 0 Å². The number of nitrogens with zero attached hydrogens (tertiary/aromatic N) is 3. The van der Waals surface area contributed by atoms with Crippen LogP contribution in [0.2, 0.25) is 0 Å². The Bertz CT molecular complexity index is 649. The third kappa shape index (κ3) is 5.00. The Morgan fingerprint density at radius 3 is 2.84 bits per heavy atom. The van der Waals surface area contributed by atoms with Crippen LogP contribution in [-0.2, 0) is 13.1 Å². The highest BCUT2D eigenvalue weighted by Gasteiger charge is 2.26. The number of nitrogens with one attached hydrogen (secondary N) is 1. The predicted octanol–water partition coefficient (Wildman–Crippen LogP) is 2.88. The zero-order valence-electron chi connectivity index (χ0n) is 15.2. The zero-order chi connectivity index (χ0) is 17.5. The van der Waals surface area contributed by atoms with Gasteiger partial charge in [-0.1, -0.05) is 19.1 Å². The number of rotatable bonds is 7. The Morgan fingerprint density at radius 2 is 2.08 bits per heavy atom. The van der Waals surface area contributed by atoms with Gasteiger partial charge in [-0.2, -0.15) is 0 Å². The van der Waals surface area contributed by atoms with Crippen LogP contribution in [-0.4, -0.2) is 40.6 Å². The van der Waals surface area contributed by atoms with Gasteiger partial charge in [0.1, 0.15) is 0 Å². The van der Waals surface area contributed by atoms with Crippen LogP contribution in [0.4, 0.5) is 0 Å². The molecular weight excluding hydrogens is 312 g/mol. The minimum absolute atomic E-state index is 0.523. The lowest BCUT2D eigenvalue weighted by molar-refractivity contribution is 0.138. The second-order valence-corrected chi connectivity index (χ2v) is 6.71. The van der Waals surface area contributed by atoms with Crippen LogP contribution in [0.5, 0.6) is 5.88 Å². The van der Waals surface area contributed by atoms with Crippen molar-refractivity contribution in [2.45, 2.75) is 39.4 Å². The van der Waals surface area contributed by atoms with Crippen molar-refractivity contribution in [2.75, 3.05) is 19.7 Å². The molecule has 1 saturated heterocycles. The molecule has 2 aromatic heterocycles. The van der Waals surface area contributed by atoms with Gasteiger partial charge >= 0.3 is 0 Å². The van der Waals surface area contributed by atoms with Crippen LogP contribution in [0.3, 0.4) is 0 Å². The standard InChI is InChI=1S/C20H28N4O/c1-3-25-20-17(7-6-11-22-20)13-23-19-9-12-24(14-16(19)2)15-18-8-4-5-10-21-18/h4-8,10-11,16,19,23H,3,9,12-15H2,1-2H3/t16-,19-/m1/s1. The number of hydrogen-bond acceptors (Lipinski definition) is 5. The second kappa shape index (κ2) is 8.92. The number of aromatic nitrogens is 2. The maximum Gasteiger partial charge on any atom is 0.217 e. The fraction of sp³-hybridized carbons (Fsp3) is 0.500. The molecule has 0 spiro atoms. The first-order valence-electron chi connectivity index (χ1n) is 9.18. The summed E-state index contributed by atoms with van der Waals surface area (Å²) in [6.07, 6.45) is 4.81. The second-order valence-electron chi connectivity index (χ2n) is 6.71. The van der Waals surface area contributed by atoms with Gasteiger partial charge in [-0.3, -0.25) is 9.88 Å². The summed E-state index contributed by atoms with van der Waals surface area (Å²) in [4.78, 5) is 11.3. The number of piperidine rings is 1. The number of ether oxygens (including phenoxy) is 1. The fourth-order valence-corrected chi connectivity index (χ4v) is 3.47. The van der Waals surface area contributed by atoms with Crippen molar-refractivity contribution < 1.29 is 4.74 Å². The molecule has 1 fully saturated rings. The predicted molar refractivity (Wildman–Crippen MR) is 99.3 cm³/mol. The van der Waals surface area contributed by atoms with Gasteiger partial charge in [0.15, 0.2) is 0 Å². The molecule has 134 valence electrons. The quantitative estimate of drug-likeness (QED) is 0.840. The van der Waals surface area contributed by atoms with E-state index in [1.54, 1.807) is 6.20 Å². The molecule has 0 bridgehead atoms. The van der Waals surface area contributed by atoms with Gasteiger partial charge in [-0.15, -0.1) is 0 Å². The minimum Gasteiger partial charge on any atom is -0.478 e. The van der Waals surface area contributed by atoms with Gasteiger partial charge in [-0.05, 0) is 37.5 Å². The SMILES string of the molecule is CCOc1ncccc1CN[C@@H]1CCN(Cc2ccccn2)C[C@H]1C. The van der Waals surface area contributed by atoms with Crippen molar-refractivity contribution >= 4 is 0 Å². The van der Waals surface area contributed by atoms with E-state index < -0.39 is 0 Å². The average molecular weight is 340 g/mol. The van der Waals surface area contributed by atoms with Crippen molar-refractivity contribution in [1.82, 2.24) is 20.2 Å². The van der Waals surface area contributed by atoms with E-state index in [0.29, 0.717) is 18.6 Å². The molecule has 0 radical (unpaired) electrons. The lowest BCUT2D eigenvalue weighted by Gasteiger charge is -2.37. The summed E-state index contributed by atoms with van der Waals surface area (Å²) in [5.41, 5.74) is 2.28. The van der Waals surface area contributed by atoms with Crippen molar-refractivity contribution in [3.05, 3.63) is 54.0 Å². The van der Waals surface area contributed by atoms with E-state index in [1.165, 1.54) is 0 Å². The molecule has 0 aliphatic carbocycles. The van der Waals surface area contributed by atoms with Crippen molar-refractivity contribution in [1.29, 1.82) is 0 Å². The highest BCUT2D eigenvalue weighted by atomic mass is 16.5. The summed E-state index contributed by atoms with van der Waals surface area (Å²) in [6.45, 7) is 8.91. The van der Waals surface area contributed by atoms with Crippen LogP contribution >= 0.6 is 0 Å². The first-order valence-corrected chi connectivity index (χ1v) is 9.18. The number of likely N-dealkylation sites (tertiary alicyclic amines) is 1. The van der Waals surface area contributed by atoms with Gasteiger partial charge in [-0.25, -0.2) is 4.98 Å². The summed E-state index contributed by atoms with van der Waals surface area (Å²) in [6, 6.07) is 10.7. The van der Waals surface area contributed by atoms with Gasteiger partial charge in [0.2, 0.25) is 5.88 Å². The first-order chi connectivity index (χ1) is 12.3. The van der Waals surface area contributed by atoms with Gasteiger partial charge < -0.3 is 10.1 Å². The summed E-state index contributed by atoms with van der Waals surface area (Å²) in [5.74, 6) is 1.35. The Labute approximate surface area is 150 Å². The lowest BCUT2D eigenvalue weighted by atomic mass is 9.93. The van der Waals surface area contributed by atoms with Crippen LogP contribution in [0.1, 0.15) is 31.5 Å². The van der Waals surface area contributed by atoms with E-state index in [1.807, 2.05) is 25.3 Å². The summed E-state index contributed by atoms with van der Waals surface area (Å²) >= 11 is 0. The Hall–Kier alpha value is -1.98. The minimum atomic E-state index is 0.523. The van der Waals surface area contributed by atoms with Crippen LogP contribution < -0.4 is 10.1 Å². The topological polar surface area (TPSA) is 50.3 Å². The van der Waals surface area contributed by atoms with E-state index in [9.17, 15) is 0 Å². The summed E-state index contributed by atoms with van der Waals surface area (Å²) in [7, 11) is 0. The molecule has 1 aliphatic heterocycles. The highest BCUT2D eigenvalue weighted by Crippen LogP contribution is 2.20. The van der Waals surface area contributed by atoms with Crippen LogP contribution in [0.25, 0.3) is 0 Å². The molecule has 5 heteroatoms. The van der Waals surface area contributed by atoms with E-state index >= 15 is 0 Å². The largest absolute Gasteiger partial charge is 0.478 e. The Balaban J connectivity index is 1.50. The molecule has 25 heavy (non-hydrogen) atoms. The number of pyridine rings is 2. The fourth-order valence-electron chi connectivity index (χ4n) is 3.47. The first kappa shape index (κ1) is 17.8. The molecule has 0 amide bonds. The molecule has 1 N–H and O–H groups in total. The molecule has 3 rings (SSSR count). The average Bonchev–Trinajstić information content (AvgIpc) is 2.63. The molecule has 3 heterocycles. The molecule has 5 nitrogen and oxygen atoms in total. The molecular formula is C20H28N4O.